The molecule has 0 rings (SSSR count). The fraction of sp³-hybridized carbons (Fsp3) is 0.889. The molecule has 3 nitrogen and oxygen atoms in total. The summed E-state index contributed by atoms with van der Waals surface area (Å²) in [5, 5.41) is 2.81. The van der Waals surface area contributed by atoms with Gasteiger partial charge in [-0.2, -0.15) is 11.8 Å². The SMILES string of the molecule is CSCCNC(=O)[C@H](N)C(C)(C)C. The van der Waals surface area contributed by atoms with Gasteiger partial charge in [-0.15, -0.1) is 0 Å². The van der Waals surface area contributed by atoms with Gasteiger partial charge in [-0.3, -0.25) is 4.79 Å². The van der Waals surface area contributed by atoms with Gasteiger partial charge in [0, 0.05) is 12.3 Å². The Hall–Kier alpha value is -0.220. The molecular weight excluding hydrogens is 184 g/mol. The minimum absolute atomic E-state index is 0.0541. The molecule has 0 saturated heterocycles. The van der Waals surface area contributed by atoms with Crippen molar-refractivity contribution in [3.05, 3.63) is 0 Å². The zero-order valence-corrected chi connectivity index (χ0v) is 9.70. The lowest BCUT2D eigenvalue weighted by molar-refractivity contribution is -0.124. The highest BCUT2D eigenvalue weighted by Gasteiger charge is 2.26. The number of rotatable bonds is 4. The summed E-state index contributed by atoms with van der Waals surface area (Å²) in [4.78, 5) is 11.4. The van der Waals surface area contributed by atoms with Gasteiger partial charge in [0.25, 0.3) is 0 Å². The van der Waals surface area contributed by atoms with Gasteiger partial charge in [0.1, 0.15) is 0 Å². The summed E-state index contributed by atoms with van der Waals surface area (Å²) in [5.74, 6) is 0.879. The number of nitrogens with one attached hydrogen (secondary N) is 1. The monoisotopic (exact) mass is 204 g/mol. The Morgan fingerprint density at radius 2 is 2.08 bits per heavy atom. The predicted octanol–water partition coefficient (Wildman–Crippen LogP) is 0.839. The summed E-state index contributed by atoms with van der Waals surface area (Å²) < 4.78 is 0. The lowest BCUT2D eigenvalue weighted by Gasteiger charge is -2.25. The van der Waals surface area contributed by atoms with Crippen LogP contribution in [0, 0.1) is 5.41 Å². The minimum atomic E-state index is -0.422. The molecule has 0 radical (unpaired) electrons. The van der Waals surface area contributed by atoms with E-state index in [2.05, 4.69) is 5.32 Å². The average Bonchev–Trinajstić information content (AvgIpc) is 2.01. The Bertz CT molecular complexity index is 165. The first-order valence-corrected chi connectivity index (χ1v) is 5.81. The van der Waals surface area contributed by atoms with Gasteiger partial charge in [-0.05, 0) is 11.7 Å². The molecule has 0 aliphatic heterocycles. The number of carbonyl (C=O) groups excluding carboxylic acids is 1. The molecule has 0 aliphatic carbocycles. The van der Waals surface area contributed by atoms with Crippen LogP contribution in [0.4, 0.5) is 0 Å². The van der Waals surface area contributed by atoms with Gasteiger partial charge < -0.3 is 11.1 Å². The second-order valence-electron chi connectivity index (χ2n) is 4.13. The molecule has 4 heteroatoms. The van der Waals surface area contributed by atoms with E-state index in [0.717, 1.165) is 5.75 Å². The Labute approximate surface area is 84.8 Å². The minimum Gasteiger partial charge on any atom is -0.354 e. The molecule has 13 heavy (non-hydrogen) atoms. The first kappa shape index (κ1) is 12.8. The molecule has 0 aromatic heterocycles. The molecule has 3 N–H and O–H groups in total. The van der Waals surface area contributed by atoms with Crippen LogP contribution >= 0.6 is 11.8 Å². The summed E-state index contributed by atoms with van der Waals surface area (Å²) in [5.41, 5.74) is 5.59. The first-order chi connectivity index (χ1) is 5.89. The van der Waals surface area contributed by atoms with Gasteiger partial charge >= 0.3 is 0 Å². The summed E-state index contributed by atoms with van der Waals surface area (Å²) >= 11 is 1.71. The van der Waals surface area contributed by atoms with Crippen LogP contribution in [0.15, 0.2) is 0 Å². The van der Waals surface area contributed by atoms with Crippen LogP contribution in [0.1, 0.15) is 20.8 Å². The van der Waals surface area contributed by atoms with Gasteiger partial charge in [-0.25, -0.2) is 0 Å². The van der Waals surface area contributed by atoms with E-state index in [1.807, 2.05) is 27.0 Å². The van der Waals surface area contributed by atoms with E-state index >= 15 is 0 Å². The summed E-state index contributed by atoms with van der Waals surface area (Å²) in [6.45, 7) is 6.59. The Morgan fingerprint density at radius 3 is 2.46 bits per heavy atom. The quantitative estimate of drug-likeness (QED) is 0.667. The van der Waals surface area contributed by atoms with E-state index in [1.165, 1.54) is 0 Å². The molecular formula is C9H20N2OS. The maximum absolute atomic E-state index is 11.4. The van der Waals surface area contributed by atoms with Crippen molar-refractivity contribution in [3.63, 3.8) is 0 Å². The Kier molecular flexibility index (Phi) is 5.40. The highest BCUT2D eigenvalue weighted by atomic mass is 32.2. The highest BCUT2D eigenvalue weighted by molar-refractivity contribution is 7.98. The third kappa shape index (κ3) is 5.16. The lowest BCUT2D eigenvalue weighted by Crippen LogP contribution is -2.49. The summed E-state index contributed by atoms with van der Waals surface area (Å²) in [6.07, 6.45) is 2.01. The molecule has 1 atom stereocenters. The first-order valence-electron chi connectivity index (χ1n) is 4.42. The van der Waals surface area contributed by atoms with E-state index in [9.17, 15) is 4.79 Å². The largest absolute Gasteiger partial charge is 0.354 e. The maximum atomic E-state index is 11.4. The number of hydrogen-bond donors (Lipinski definition) is 2. The van der Waals surface area contributed by atoms with E-state index < -0.39 is 6.04 Å². The highest BCUT2D eigenvalue weighted by Crippen LogP contribution is 2.16. The molecule has 0 bridgehead atoms. The molecule has 78 valence electrons. The van der Waals surface area contributed by atoms with E-state index in [-0.39, 0.29) is 11.3 Å². The molecule has 0 heterocycles. The second-order valence-corrected chi connectivity index (χ2v) is 5.11. The van der Waals surface area contributed by atoms with Crippen LogP contribution in [0.3, 0.4) is 0 Å². The number of carbonyl (C=O) groups is 1. The summed E-state index contributed by atoms with van der Waals surface area (Å²) in [7, 11) is 0. The van der Waals surface area contributed by atoms with Crippen molar-refractivity contribution in [1.29, 1.82) is 0 Å². The van der Waals surface area contributed by atoms with Gasteiger partial charge in [0.15, 0.2) is 0 Å². The maximum Gasteiger partial charge on any atom is 0.237 e. The summed E-state index contributed by atoms with van der Waals surface area (Å²) in [6, 6.07) is -0.422. The van der Waals surface area contributed by atoms with Crippen LogP contribution in [-0.2, 0) is 4.79 Å². The Balaban J connectivity index is 3.84. The fourth-order valence-corrected chi connectivity index (χ4v) is 1.09. The third-order valence-electron chi connectivity index (χ3n) is 1.82. The van der Waals surface area contributed by atoms with Crippen molar-refractivity contribution in [2.24, 2.45) is 11.1 Å². The number of amides is 1. The molecule has 0 aliphatic rings. The molecule has 0 aromatic carbocycles. The van der Waals surface area contributed by atoms with Crippen LogP contribution in [0.25, 0.3) is 0 Å². The standard InChI is InChI=1S/C9H20N2OS/c1-9(2,3)7(10)8(12)11-5-6-13-4/h7H,5-6,10H2,1-4H3,(H,11,12)/t7-/m0/s1. The predicted molar refractivity (Wildman–Crippen MR) is 58.8 cm³/mol. The molecule has 0 saturated carbocycles. The second kappa shape index (κ2) is 5.50. The van der Waals surface area contributed by atoms with Crippen LogP contribution < -0.4 is 11.1 Å². The van der Waals surface area contributed by atoms with Gasteiger partial charge in [-0.1, -0.05) is 20.8 Å². The van der Waals surface area contributed by atoms with E-state index in [1.54, 1.807) is 11.8 Å². The zero-order chi connectivity index (χ0) is 10.5. The number of thioether (sulfide) groups is 1. The number of nitrogens with two attached hydrogens (primary N) is 1. The molecule has 0 fully saturated rings. The van der Waals surface area contributed by atoms with Crippen molar-refractivity contribution < 1.29 is 4.79 Å². The normalized spacial score (nSPS) is 13.9. The molecule has 1 amide bonds. The van der Waals surface area contributed by atoms with Crippen molar-refractivity contribution >= 4 is 17.7 Å². The van der Waals surface area contributed by atoms with Crippen LogP contribution in [-0.4, -0.2) is 30.5 Å². The van der Waals surface area contributed by atoms with Crippen molar-refractivity contribution in [2.75, 3.05) is 18.6 Å². The van der Waals surface area contributed by atoms with Crippen LogP contribution in [0.2, 0.25) is 0 Å². The van der Waals surface area contributed by atoms with Crippen molar-refractivity contribution in [3.8, 4) is 0 Å². The third-order valence-corrected chi connectivity index (χ3v) is 2.43. The van der Waals surface area contributed by atoms with E-state index in [0.29, 0.717) is 6.54 Å². The lowest BCUT2D eigenvalue weighted by atomic mass is 9.87. The molecule has 0 spiro atoms. The van der Waals surface area contributed by atoms with E-state index in [4.69, 9.17) is 5.73 Å². The average molecular weight is 204 g/mol. The van der Waals surface area contributed by atoms with Crippen LogP contribution in [0.5, 0.6) is 0 Å². The smallest absolute Gasteiger partial charge is 0.237 e. The zero-order valence-electron chi connectivity index (χ0n) is 8.89. The number of hydrogen-bond acceptors (Lipinski definition) is 3. The van der Waals surface area contributed by atoms with Gasteiger partial charge in [0.2, 0.25) is 5.91 Å². The Morgan fingerprint density at radius 1 is 1.54 bits per heavy atom. The van der Waals surface area contributed by atoms with Crippen molar-refractivity contribution in [1.82, 2.24) is 5.32 Å². The molecule has 0 unspecified atom stereocenters. The fourth-order valence-electron chi connectivity index (χ4n) is 0.780. The van der Waals surface area contributed by atoms with Gasteiger partial charge in [0.05, 0.1) is 6.04 Å². The van der Waals surface area contributed by atoms with Crippen molar-refractivity contribution in [2.45, 2.75) is 26.8 Å². The topological polar surface area (TPSA) is 55.1 Å². The molecule has 0 aromatic rings.